The molecule has 0 aromatic carbocycles. The molecule has 0 aliphatic carbocycles. The first-order valence-corrected chi connectivity index (χ1v) is 9.69. The summed E-state index contributed by atoms with van der Waals surface area (Å²) in [4.78, 5) is 11.1. The molecule has 146 valence electrons. The summed E-state index contributed by atoms with van der Waals surface area (Å²) in [5, 5.41) is 0. The Kier molecular flexibility index (Phi) is 12.1. The zero-order valence-corrected chi connectivity index (χ0v) is 17.4. The molecule has 0 aliphatic rings. The van der Waals surface area contributed by atoms with E-state index in [1.54, 1.807) is 0 Å². The molecule has 2 unspecified atom stereocenters. The molecule has 0 fully saturated rings. The number of unbranched alkanes of at least 4 members (excludes halogenated alkanes) is 3. The Morgan fingerprint density at radius 2 is 1.88 bits per heavy atom. The average Bonchev–Trinajstić information content (AvgIpc) is 2.54. The van der Waals surface area contributed by atoms with Crippen molar-refractivity contribution in [2.75, 3.05) is 19.8 Å². The molecule has 0 spiro atoms. The largest absolute Gasteiger partial charge is 0.460 e. The van der Waals surface area contributed by atoms with Gasteiger partial charge < -0.3 is 14.2 Å². The van der Waals surface area contributed by atoms with Gasteiger partial charge in [-0.15, -0.1) is 0 Å². The van der Waals surface area contributed by atoms with Crippen molar-refractivity contribution in [1.82, 2.24) is 0 Å². The monoisotopic (exact) mass is 354 g/mol. The molecule has 0 bridgehead atoms. The fraction of sp³-hybridized carbons (Fsp3) is 0.850. The Labute approximate surface area is 156 Å². The van der Waals surface area contributed by atoms with Crippen molar-refractivity contribution < 1.29 is 19.0 Å². The smallest absolute Gasteiger partial charge is 0.330 e. The summed E-state index contributed by atoms with van der Waals surface area (Å²) in [5.41, 5.74) is -0.729. The van der Waals surface area contributed by atoms with Crippen LogP contribution in [0.25, 0.3) is 0 Å². The van der Waals surface area contributed by atoms with E-state index in [1.807, 2.05) is 14.8 Å². The van der Waals surface area contributed by atoms with E-state index in [0.717, 1.165) is 19.1 Å². The van der Waals surface area contributed by atoms with Crippen LogP contribution in [-0.4, -0.2) is 44.7 Å². The fourth-order valence-corrected chi connectivity index (χ4v) is 2.36. The first-order chi connectivity index (χ1) is 11.6. The van der Waals surface area contributed by atoms with Gasteiger partial charge in [-0.3, -0.25) is 0 Å². The topological polar surface area (TPSA) is 44.8 Å². The molecule has 0 aromatic heterocycles. The quantitative estimate of drug-likeness (QED) is 0.194. The Morgan fingerprint density at radius 1 is 1.20 bits per heavy atom. The van der Waals surface area contributed by atoms with Crippen molar-refractivity contribution in [2.24, 2.45) is 5.92 Å². The van der Waals surface area contributed by atoms with Gasteiger partial charge in [-0.05, 0) is 39.5 Å². The van der Waals surface area contributed by atoms with Crippen LogP contribution in [0.1, 0.15) is 73.1 Å². The molecule has 0 aliphatic heterocycles. The first kappa shape index (κ1) is 24.2. The lowest BCUT2D eigenvalue weighted by molar-refractivity contribution is -0.144. The molecule has 25 heavy (non-hydrogen) atoms. The number of hydrogen-bond acceptors (Lipinski definition) is 4. The first-order valence-electron chi connectivity index (χ1n) is 9.69. The summed E-state index contributed by atoms with van der Waals surface area (Å²) >= 11 is 0. The van der Waals surface area contributed by atoms with Crippen LogP contribution in [0.5, 0.6) is 0 Å². The number of hydrogen-bond donors (Lipinski definition) is 0. The lowest BCUT2D eigenvalue weighted by Gasteiger charge is -2.30. The van der Waals surface area contributed by atoms with Crippen molar-refractivity contribution in [3.05, 3.63) is 12.7 Å². The highest BCUT2D eigenvalue weighted by Gasteiger charge is 2.24. The van der Waals surface area contributed by atoms with Crippen molar-refractivity contribution >= 4 is 13.8 Å². The Hall–Kier alpha value is -0.805. The third-order valence-electron chi connectivity index (χ3n) is 4.23. The van der Waals surface area contributed by atoms with E-state index in [2.05, 4.69) is 34.3 Å². The van der Waals surface area contributed by atoms with Crippen molar-refractivity contribution in [1.29, 1.82) is 0 Å². The van der Waals surface area contributed by atoms with E-state index in [9.17, 15) is 4.79 Å². The molecule has 0 saturated carbocycles. The number of rotatable bonds is 15. The van der Waals surface area contributed by atoms with E-state index < -0.39 is 11.5 Å². The van der Waals surface area contributed by atoms with Crippen LogP contribution in [0.4, 0.5) is 0 Å². The van der Waals surface area contributed by atoms with E-state index in [0.29, 0.717) is 12.5 Å². The summed E-state index contributed by atoms with van der Waals surface area (Å²) in [6.07, 6.45) is 8.41. The second kappa shape index (κ2) is 12.5. The second-order valence-corrected chi connectivity index (χ2v) is 8.20. The molecular weight excluding hydrogens is 315 g/mol. The molecule has 0 amide bonds. The van der Waals surface area contributed by atoms with E-state index >= 15 is 0 Å². The molecule has 0 N–H and O–H groups in total. The third kappa shape index (κ3) is 14.1. The van der Waals surface area contributed by atoms with E-state index in [-0.39, 0.29) is 12.2 Å². The Bertz CT molecular complexity index is 380. The zero-order valence-electron chi connectivity index (χ0n) is 17.4. The van der Waals surface area contributed by atoms with Gasteiger partial charge in [0, 0.05) is 19.3 Å². The molecule has 2 atom stereocenters. The number of ether oxygens (including phenoxy) is 3. The molecule has 0 saturated heterocycles. The van der Waals surface area contributed by atoms with Crippen LogP contribution in [-0.2, 0) is 19.0 Å². The standard InChI is InChI=1S/C20H39BO4/c1-7-9-10-11-12-17(3)15-25-19(4,5)13-14-24-20(6,21)16-23-18(22)8-2/h8,17H,2,7,9-16,21H2,1,3-6H3. The van der Waals surface area contributed by atoms with Crippen LogP contribution in [0.3, 0.4) is 0 Å². The average molecular weight is 354 g/mol. The third-order valence-corrected chi connectivity index (χ3v) is 4.23. The fourth-order valence-electron chi connectivity index (χ4n) is 2.36. The van der Waals surface area contributed by atoms with Gasteiger partial charge in [-0.1, -0.05) is 46.1 Å². The molecule has 0 rings (SSSR count). The predicted octanol–water partition coefficient (Wildman–Crippen LogP) is 3.87. The van der Waals surface area contributed by atoms with Crippen molar-refractivity contribution in [2.45, 2.75) is 84.2 Å². The van der Waals surface area contributed by atoms with Crippen molar-refractivity contribution in [3.8, 4) is 0 Å². The summed E-state index contributed by atoms with van der Waals surface area (Å²) in [5.74, 6) is 0.167. The second-order valence-electron chi connectivity index (χ2n) is 8.20. The Balaban J connectivity index is 3.98. The van der Waals surface area contributed by atoms with Gasteiger partial charge in [0.1, 0.15) is 14.5 Å². The predicted molar refractivity (Wildman–Crippen MR) is 107 cm³/mol. The van der Waals surface area contributed by atoms with Gasteiger partial charge in [-0.25, -0.2) is 4.79 Å². The molecule has 0 aromatic rings. The molecule has 0 heterocycles. The van der Waals surface area contributed by atoms with Crippen LogP contribution < -0.4 is 0 Å². The number of carbonyl (C=O) groups is 1. The van der Waals surface area contributed by atoms with Crippen molar-refractivity contribution in [3.63, 3.8) is 0 Å². The minimum absolute atomic E-state index is 0.216. The minimum atomic E-state index is -0.513. The van der Waals surface area contributed by atoms with Crippen LogP contribution in [0.15, 0.2) is 12.7 Å². The van der Waals surface area contributed by atoms with Gasteiger partial charge in [0.05, 0.1) is 11.1 Å². The maximum atomic E-state index is 11.1. The number of carbonyl (C=O) groups excluding carboxylic acids is 1. The molecule has 4 nitrogen and oxygen atoms in total. The van der Waals surface area contributed by atoms with Crippen LogP contribution >= 0.6 is 0 Å². The minimum Gasteiger partial charge on any atom is -0.460 e. The van der Waals surface area contributed by atoms with Gasteiger partial charge >= 0.3 is 5.97 Å². The normalized spacial score (nSPS) is 15.4. The van der Waals surface area contributed by atoms with Gasteiger partial charge in [0.15, 0.2) is 0 Å². The summed E-state index contributed by atoms with van der Waals surface area (Å²) < 4.78 is 17.0. The summed E-state index contributed by atoms with van der Waals surface area (Å²) in [6, 6.07) is 0. The molecule has 0 radical (unpaired) electrons. The van der Waals surface area contributed by atoms with Crippen LogP contribution in [0.2, 0.25) is 0 Å². The lowest BCUT2D eigenvalue weighted by atomic mass is 9.84. The molecule has 5 heteroatoms. The highest BCUT2D eigenvalue weighted by Crippen LogP contribution is 2.20. The van der Waals surface area contributed by atoms with Gasteiger partial charge in [0.25, 0.3) is 0 Å². The molecular formula is C20H39BO4. The van der Waals surface area contributed by atoms with E-state index in [4.69, 9.17) is 14.2 Å². The van der Waals surface area contributed by atoms with Gasteiger partial charge in [0.2, 0.25) is 0 Å². The van der Waals surface area contributed by atoms with Crippen LogP contribution in [0, 0.1) is 5.92 Å². The Morgan fingerprint density at radius 3 is 2.48 bits per heavy atom. The highest BCUT2D eigenvalue weighted by atomic mass is 16.6. The maximum Gasteiger partial charge on any atom is 0.330 e. The summed E-state index contributed by atoms with van der Waals surface area (Å²) in [6.45, 7) is 15.6. The SMILES string of the molecule is BC(C)(COC(=O)C=C)OCCC(C)(C)OCC(C)CCCCCC. The maximum absolute atomic E-state index is 11.1. The van der Waals surface area contributed by atoms with E-state index in [1.165, 1.54) is 32.1 Å². The van der Waals surface area contributed by atoms with Gasteiger partial charge in [-0.2, -0.15) is 0 Å². The highest BCUT2D eigenvalue weighted by molar-refractivity contribution is 6.14. The zero-order chi connectivity index (χ0) is 19.3. The number of esters is 1. The summed E-state index contributed by atoms with van der Waals surface area (Å²) in [7, 11) is 1.91. The lowest BCUT2D eigenvalue weighted by Crippen LogP contribution is -2.38.